The topological polar surface area (TPSA) is 60.3 Å². The number of nitrogens with zero attached hydrogens (tertiary/aromatic N) is 4. The van der Waals surface area contributed by atoms with Gasteiger partial charge in [0.25, 0.3) is 0 Å². The third-order valence-electron chi connectivity index (χ3n) is 3.91. The molecule has 1 fully saturated rings. The number of halogens is 1. The first-order valence-electron chi connectivity index (χ1n) is 8.58. The fraction of sp³-hybridized carbons (Fsp3) is 0.421. The lowest BCUT2D eigenvalue weighted by molar-refractivity contribution is -0.138. The summed E-state index contributed by atoms with van der Waals surface area (Å²) >= 11 is 0. The third-order valence-corrected chi connectivity index (χ3v) is 3.91. The molecule has 0 aliphatic carbocycles. The molecule has 0 atom stereocenters. The summed E-state index contributed by atoms with van der Waals surface area (Å²) in [4.78, 5) is 17.7. The highest BCUT2D eigenvalue weighted by molar-refractivity contribution is 5.90. The highest BCUT2D eigenvalue weighted by atomic mass is 19.1. The van der Waals surface area contributed by atoms with Gasteiger partial charge >= 0.3 is 0 Å². The average molecular weight is 358 g/mol. The smallest absolute Gasteiger partial charge is 0.248 e. The quantitative estimate of drug-likeness (QED) is 0.771. The molecular weight excluding hydrogens is 335 g/mol. The van der Waals surface area contributed by atoms with Gasteiger partial charge in [0.15, 0.2) is 5.82 Å². The third kappa shape index (κ3) is 4.28. The highest BCUT2D eigenvalue weighted by Gasteiger charge is 2.40. The summed E-state index contributed by atoms with van der Waals surface area (Å²) in [6, 6.07) is 5.83. The predicted octanol–water partition coefficient (Wildman–Crippen LogP) is 3.08. The Morgan fingerprint density at radius 3 is 2.73 bits per heavy atom. The van der Waals surface area contributed by atoms with E-state index in [1.807, 2.05) is 39.0 Å². The first-order chi connectivity index (χ1) is 12.2. The summed E-state index contributed by atoms with van der Waals surface area (Å²) in [6.45, 7) is 7.67. The van der Waals surface area contributed by atoms with Gasteiger partial charge in [-0.05, 0) is 51.5 Å². The maximum absolute atomic E-state index is 13.5. The molecule has 1 amide bonds. The van der Waals surface area contributed by atoms with E-state index in [4.69, 9.17) is 4.74 Å². The van der Waals surface area contributed by atoms with Crippen LogP contribution in [-0.2, 0) is 4.79 Å². The standard InChI is InChI=1S/C19H23FN4O2/c1-13(2)26-16-8-14(3)7-15(9-16)18-21-12-24(22-18)6-5-17(25)23-10-19(4,20)11-23/h5-9,12-13H,10-11H2,1-4H3/b6-5-. The van der Waals surface area contributed by atoms with E-state index in [0.717, 1.165) is 16.9 Å². The van der Waals surface area contributed by atoms with E-state index in [1.165, 1.54) is 35.1 Å². The van der Waals surface area contributed by atoms with Crippen LogP contribution >= 0.6 is 0 Å². The van der Waals surface area contributed by atoms with Crippen LogP contribution in [0.5, 0.6) is 5.75 Å². The molecule has 6 nitrogen and oxygen atoms in total. The zero-order valence-electron chi connectivity index (χ0n) is 15.4. The number of aromatic nitrogens is 3. The van der Waals surface area contributed by atoms with Crippen LogP contribution in [-0.4, -0.2) is 50.4 Å². The Balaban J connectivity index is 1.71. The molecule has 0 bridgehead atoms. The van der Waals surface area contributed by atoms with Crippen LogP contribution in [0.3, 0.4) is 0 Å². The van der Waals surface area contributed by atoms with E-state index in [1.54, 1.807) is 0 Å². The van der Waals surface area contributed by atoms with Crippen molar-refractivity contribution in [2.24, 2.45) is 0 Å². The Morgan fingerprint density at radius 1 is 1.35 bits per heavy atom. The maximum atomic E-state index is 13.5. The number of aryl methyl sites for hydroxylation is 1. The van der Waals surface area contributed by atoms with Crippen molar-refractivity contribution in [3.63, 3.8) is 0 Å². The molecule has 0 saturated carbocycles. The van der Waals surface area contributed by atoms with Crippen LogP contribution in [0.25, 0.3) is 17.6 Å². The van der Waals surface area contributed by atoms with Crippen molar-refractivity contribution in [3.05, 3.63) is 36.2 Å². The SMILES string of the molecule is Cc1cc(OC(C)C)cc(-c2ncn(/C=C\C(=O)N3CC(C)(F)C3)n2)c1. The minimum Gasteiger partial charge on any atom is -0.491 e. The molecular formula is C19H23FN4O2. The molecule has 1 aliphatic heterocycles. The molecule has 3 rings (SSSR count). The number of likely N-dealkylation sites (tertiary alicyclic amines) is 1. The Kier molecular flexibility index (Phi) is 4.80. The molecule has 1 aromatic carbocycles. The van der Waals surface area contributed by atoms with Crippen LogP contribution < -0.4 is 4.74 Å². The van der Waals surface area contributed by atoms with Crippen molar-refractivity contribution in [2.75, 3.05) is 13.1 Å². The van der Waals surface area contributed by atoms with Crippen LogP contribution in [0, 0.1) is 6.92 Å². The predicted molar refractivity (Wildman–Crippen MR) is 97.4 cm³/mol. The molecule has 0 N–H and O–H groups in total. The molecule has 2 aromatic rings. The number of hydrogen-bond donors (Lipinski definition) is 0. The number of amides is 1. The molecule has 1 saturated heterocycles. The summed E-state index contributed by atoms with van der Waals surface area (Å²) in [5, 5.41) is 4.36. The van der Waals surface area contributed by atoms with Crippen molar-refractivity contribution >= 4 is 12.1 Å². The van der Waals surface area contributed by atoms with Gasteiger partial charge in [-0.15, -0.1) is 5.10 Å². The monoisotopic (exact) mass is 358 g/mol. The normalized spacial score (nSPS) is 16.2. The van der Waals surface area contributed by atoms with E-state index < -0.39 is 5.67 Å². The van der Waals surface area contributed by atoms with Crippen LogP contribution in [0.4, 0.5) is 4.39 Å². The summed E-state index contributed by atoms with van der Waals surface area (Å²) in [7, 11) is 0. The Bertz CT molecular complexity index is 834. The molecule has 1 aromatic heterocycles. The van der Waals surface area contributed by atoms with Gasteiger partial charge in [-0.1, -0.05) is 0 Å². The van der Waals surface area contributed by atoms with Crippen molar-refractivity contribution in [3.8, 4) is 17.1 Å². The molecule has 0 unspecified atom stereocenters. The largest absolute Gasteiger partial charge is 0.491 e. The molecule has 2 heterocycles. The van der Waals surface area contributed by atoms with Crippen LogP contribution in [0.2, 0.25) is 0 Å². The maximum Gasteiger partial charge on any atom is 0.248 e. The van der Waals surface area contributed by atoms with E-state index in [2.05, 4.69) is 10.1 Å². The molecule has 7 heteroatoms. The number of ether oxygens (including phenoxy) is 1. The van der Waals surface area contributed by atoms with Crippen LogP contribution in [0.15, 0.2) is 30.6 Å². The molecule has 138 valence electrons. The van der Waals surface area contributed by atoms with Crippen molar-refractivity contribution in [2.45, 2.75) is 39.5 Å². The molecule has 1 aliphatic rings. The van der Waals surface area contributed by atoms with Gasteiger partial charge in [0.05, 0.1) is 19.2 Å². The Labute approximate surface area is 152 Å². The fourth-order valence-corrected chi connectivity index (χ4v) is 2.85. The summed E-state index contributed by atoms with van der Waals surface area (Å²) < 4.78 is 20.7. The van der Waals surface area contributed by atoms with Gasteiger partial charge in [-0.2, -0.15) is 0 Å². The second-order valence-electron chi connectivity index (χ2n) is 7.17. The zero-order chi connectivity index (χ0) is 18.9. The number of alkyl halides is 1. The van der Waals surface area contributed by atoms with E-state index in [0.29, 0.717) is 5.82 Å². The van der Waals surface area contributed by atoms with Crippen molar-refractivity contribution < 1.29 is 13.9 Å². The van der Waals surface area contributed by atoms with E-state index >= 15 is 0 Å². The Morgan fingerprint density at radius 2 is 2.08 bits per heavy atom. The van der Waals surface area contributed by atoms with Gasteiger partial charge in [0.1, 0.15) is 17.7 Å². The first kappa shape index (κ1) is 18.1. The lowest BCUT2D eigenvalue weighted by atomic mass is 9.99. The lowest BCUT2D eigenvalue weighted by Crippen LogP contribution is -2.58. The van der Waals surface area contributed by atoms with Crippen molar-refractivity contribution in [1.82, 2.24) is 19.7 Å². The minimum absolute atomic E-state index is 0.0804. The number of carbonyl (C=O) groups is 1. The summed E-state index contributed by atoms with van der Waals surface area (Å²) in [6.07, 6.45) is 4.50. The van der Waals surface area contributed by atoms with Gasteiger partial charge < -0.3 is 9.64 Å². The van der Waals surface area contributed by atoms with Gasteiger partial charge in [0.2, 0.25) is 5.91 Å². The summed E-state index contributed by atoms with van der Waals surface area (Å²) in [5.41, 5.74) is 0.618. The van der Waals surface area contributed by atoms with E-state index in [9.17, 15) is 9.18 Å². The highest BCUT2D eigenvalue weighted by Crippen LogP contribution is 2.25. The molecule has 26 heavy (non-hydrogen) atoms. The number of benzene rings is 1. The summed E-state index contributed by atoms with van der Waals surface area (Å²) in [5.74, 6) is 1.07. The van der Waals surface area contributed by atoms with Gasteiger partial charge in [-0.25, -0.2) is 14.1 Å². The Hall–Kier alpha value is -2.70. The number of rotatable bonds is 5. The van der Waals surface area contributed by atoms with Gasteiger partial charge in [0, 0.05) is 17.8 Å². The lowest BCUT2D eigenvalue weighted by Gasteiger charge is -2.41. The average Bonchev–Trinajstić information content (AvgIpc) is 2.98. The van der Waals surface area contributed by atoms with Gasteiger partial charge in [-0.3, -0.25) is 4.79 Å². The second kappa shape index (κ2) is 6.90. The zero-order valence-corrected chi connectivity index (χ0v) is 15.4. The number of carbonyl (C=O) groups excluding carboxylic acids is 1. The first-order valence-corrected chi connectivity index (χ1v) is 8.58. The van der Waals surface area contributed by atoms with E-state index in [-0.39, 0.29) is 25.1 Å². The van der Waals surface area contributed by atoms with Crippen molar-refractivity contribution in [1.29, 1.82) is 0 Å². The second-order valence-corrected chi connectivity index (χ2v) is 7.17. The minimum atomic E-state index is -1.27. The van der Waals surface area contributed by atoms with Crippen LogP contribution in [0.1, 0.15) is 26.3 Å². The number of hydrogen-bond acceptors (Lipinski definition) is 4. The molecule has 0 spiro atoms. The molecule has 0 radical (unpaired) electrons. The fourth-order valence-electron chi connectivity index (χ4n) is 2.85.